The average Bonchev–Trinajstić information content (AvgIpc) is 2.42. The minimum atomic E-state index is -0.429. The van der Waals surface area contributed by atoms with E-state index in [1.165, 1.54) is 11.1 Å². The predicted molar refractivity (Wildman–Crippen MR) is 87.6 cm³/mol. The molecule has 0 radical (unpaired) electrons. The van der Waals surface area contributed by atoms with Crippen LogP contribution in [0.2, 0.25) is 0 Å². The Hall–Kier alpha value is -1.80. The number of hydrogen-bond donors (Lipinski definition) is 2. The van der Waals surface area contributed by atoms with Gasteiger partial charge in [-0.3, -0.25) is 0 Å². The lowest BCUT2D eigenvalue weighted by molar-refractivity contribution is 0.199. The number of aliphatic hydroxyl groups excluding tert-OH is 1. The highest BCUT2D eigenvalue weighted by Gasteiger charge is 2.30. The normalized spacial score (nSPS) is 22.4. The van der Waals surface area contributed by atoms with E-state index in [0.717, 1.165) is 24.1 Å². The van der Waals surface area contributed by atoms with Gasteiger partial charge in [-0.15, -0.1) is 0 Å². The highest BCUT2D eigenvalue weighted by Crippen LogP contribution is 2.39. The van der Waals surface area contributed by atoms with Crippen molar-refractivity contribution in [2.24, 2.45) is 0 Å². The smallest absolute Gasteiger partial charge is 0.0781 e. The topological polar surface area (TPSA) is 32.3 Å². The number of rotatable bonds is 4. The Bertz CT molecular complexity index is 614. The van der Waals surface area contributed by atoms with Gasteiger partial charge in [0.15, 0.2) is 0 Å². The summed E-state index contributed by atoms with van der Waals surface area (Å²) in [6.45, 7) is 3.97. The number of aryl methyl sites for hydroxylation is 1. The van der Waals surface area contributed by atoms with Crippen molar-refractivity contribution in [1.82, 2.24) is 0 Å². The summed E-state index contributed by atoms with van der Waals surface area (Å²) in [5.74, 6) is 0.668. The molecule has 2 heteroatoms. The summed E-state index contributed by atoms with van der Waals surface area (Å²) in [5.41, 5.74) is 4.84. The lowest BCUT2D eigenvalue weighted by atomic mass is 9.75. The zero-order valence-corrected chi connectivity index (χ0v) is 12.7. The van der Waals surface area contributed by atoms with Crippen molar-refractivity contribution < 1.29 is 5.11 Å². The van der Waals surface area contributed by atoms with E-state index in [9.17, 15) is 5.11 Å². The van der Waals surface area contributed by atoms with E-state index in [0.29, 0.717) is 12.0 Å². The van der Waals surface area contributed by atoms with Crippen LogP contribution in [0.15, 0.2) is 48.5 Å². The molecule has 1 fully saturated rings. The van der Waals surface area contributed by atoms with E-state index >= 15 is 0 Å². The second-order valence-electron chi connectivity index (χ2n) is 6.19. The number of anilines is 1. The SMILES string of the molecule is Cc1cccc(C2CC(Nc3ccccc3C(C)O)C2)c1. The van der Waals surface area contributed by atoms with Gasteiger partial charge in [-0.1, -0.05) is 48.0 Å². The fourth-order valence-corrected chi connectivity index (χ4v) is 3.14. The number of benzene rings is 2. The standard InChI is InChI=1S/C19H23NO/c1-13-6-5-7-15(10-13)16-11-17(12-16)20-19-9-4-3-8-18(19)14(2)21/h3-10,14,16-17,20-21H,11-12H2,1-2H3. The Morgan fingerprint density at radius 3 is 2.57 bits per heavy atom. The summed E-state index contributed by atoms with van der Waals surface area (Å²) in [7, 11) is 0. The van der Waals surface area contributed by atoms with Crippen LogP contribution in [0.1, 0.15) is 48.5 Å². The van der Waals surface area contributed by atoms with Crippen LogP contribution in [0.5, 0.6) is 0 Å². The molecule has 1 aliphatic rings. The first kappa shape index (κ1) is 14.2. The molecule has 1 atom stereocenters. The average molecular weight is 281 g/mol. The van der Waals surface area contributed by atoms with E-state index in [1.807, 2.05) is 25.1 Å². The molecule has 1 saturated carbocycles. The molecule has 110 valence electrons. The molecule has 0 aliphatic heterocycles. The third-order valence-electron chi connectivity index (χ3n) is 4.42. The maximum atomic E-state index is 9.83. The number of hydrogen-bond acceptors (Lipinski definition) is 2. The van der Waals surface area contributed by atoms with Gasteiger partial charge in [0.2, 0.25) is 0 Å². The maximum Gasteiger partial charge on any atom is 0.0781 e. The summed E-state index contributed by atoms with van der Waals surface area (Å²) < 4.78 is 0. The van der Waals surface area contributed by atoms with E-state index in [4.69, 9.17) is 0 Å². The molecule has 1 unspecified atom stereocenters. The lowest BCUT2D eigenvalue weighted by Gasteiger charge is -2.37. The molecule has 3 rings (SSSR count). The van der Waals surface area contributed by atoms with Crippen molar-refractivity contribution in [2.45, 2.75) is 44.8 Å². The fraction of sp³-hybridized carbons (Fsp3) is 0.368. The minimum Gasteiger partial charge on any atom is -0.389 e. The molecule has 0 bridgehead atoms. The molecule has 0 heterocycles. The molecule has 2 N–H and O–H groups in total. The van der Waals surface area contributed by atoms with Gasteiger partial charge in [-0.05, 0) is 44.2 Å². The molecule has 1 aliphatic carbocycles. The molecule has 0 spiro atoms. The van der Waals surface area contributed by atoms with Crippen LogP contribution in [-0.2, 0) is 0 Å². The molecule has 21 heavy (non-hydrogen) atoms. The Morgan fingerprint density at radius 2 is 1.86 bits per heavy atom. The summed E-state index contributed by atoms with van der Waals surface area (Å²) >= 11 is 0. The van der Waals surface area contributed by atoms with Crippen LogP contribution >= 0.6 is 0 Å². The summed E-state index contributed by atoms with van der Waals surface area (Å²) in [6, 6.07) is 17.4. The van der Waals surface area contributed by atoms with Gasteiger partial charge in [0, 0.05) is 17.3 Å². The van der Waals surface area contributed by atoms with Gasteiger partial charge in [0.25, 0.3) is 0 Å². The predicted octanol–water partition coefficient (Wildman–Crippen LogP) is 4.41. The Balaban J connectivity index is 1.63. The second-order valence-corrected chi connectivity index (χ2v) is 6.19. The van der Waals surface area contributed by atoms with Crippen molar-refractivity contribution in [3.05, 3.63) is 65.2 Å². The van der Waals surface area contributed by atoms with Crippen molar-refractivity contribution in [3.63, 3.8) is 0 Å². The lowest BCUT2D eigenvalue weighted by Crippen LogP contribution is -2.34. The van der Waals surface area contributed by atoms with Crippen molar-refractivity contribution in [1.29, 1.82) is 0 Å². The third kappa shape index (κ3) is 3.11. The van der Waals surface area contributed by atoms with Gasteiger partial charge >= 0.3 is 0 Å². The summed E-state index contributed by atoms with van der Waals surface area (Å²) in [6.07, 6.45) is 1.90. The van der Waals surface area contributed by atoms with E-state index in [-0.39, 0.29) is 0 Å². The van der Waals surface area contributed by atoms with Crippen molar-refractivity contribution >= 4 is 5.69 Å². The molecule has 2 aromatic rings. The second kappa shape index (κ2) is 5.90. The van der Waals surface area contributed by atoms with Gasteiger partial charge < -0.3 is 10.4 Å². The first-order valence-electron chi connectivity index (χ1n) is 7.73. The molecule has 2 nitrogen and oxygen atoms in total. The molecule has 0 amide bonds. The maximum absolute atomic E-state index is 9.83. The van der Waals surface area contributed by atoms with Gasteiger partial charge in [0.1, 0.15) is 0 Å². The van der Waals surface area contributed by atoms with Crippen LogP contribution in [-0.4, -0.2) is 11.1 Å². The highest BCUT2D eigenvalue weighted by atomic mass is 16.3. The zero-order chi connectivity index (χ0) is 14.8. The minimum absolute atomic E-state index is 0.429. The molecule has 0 saturated heterocycles. The molecule has 2 aromatic carbocycles. The van der Waals surface area contributed by atoms with E-state index < -0.39 is 6.10 Å². The fourth-order valence-electron chi connectivity index (χ4n) is 3.14. The highest BCUT2D eigenvalue weighted by molar-refractivity contribution is 5.53. The number of nitrogens with one attached hydrogen (secondary N) is 1. The Kier molecular flexibility index (Phi) is 3.98. The monoisotopic (exact) mass is 281 g/mol. The van der Waals surface area contributed by atoms with E-state index in [2.05, 4.69) is 42.6 Å². The van der Waals surface area contributed by atoms with Crippen LogP contribution in [0.25, 0.3) is 0 Å². The molecule has 0 aromatic heterocycles. The van der Waals surface area contributed by atoms with Gasteiger partial charge in [-0.25, -0.2) is 0 Å². The van der Waals surface area contributed by atoms with Gasteiger partial charge in [-0.2, -0.15) is 0 Å². The Labute approximate surface area is 126 Å². The van der Waals surface area contributed by atoms with E-state index in [1.54, 1.807) is 0 Å². The van der Waals surface area contributed by atoms with Gasteiger partial charge in [0.05, 0.1) is 6.10 Å². The zero-order valence-electron chi connectivity index (χ0n) is 12.7. The quantitative estimate of drug-likeness (QED) is 0.870. The van der Waals surface area contributed by atoms with Crippen LogP contribution in [0.4, 0.5) is 5.69 Å². The van der Waals surface area contributed by atoms with Crippen LogP contribution in [0.3, 0.4) is 0 Å². The van der Waals surface area contributed by atoms with Crippen molar-refractivity contribution in [3.8, 4) is 0 Å². The van der Waals surface area contributed by atoms with Crippen LogP contribution in [0, 0.1) is 6.92 Å². The summed E-state index contributed by atoms with van der Waals surface area (Å²) in [5, 5.41) is 13.4. The van der Waals surface area contributed by atoms with Crippen LogP contribution < -0.4 is 5.32 Å². The third-order valence-corrected chi connectivity index (χ3v) is 4.42. The molecular formula is C19H23NO. The largest absolute Gasteiger partial charge is 0.389 e. The summed E-state index contributed by atoms with van der Waals surface area (Å²) in [4.78, 5) is 0. The molecular weight excluding hydrogens is 258 g/mol. The first-order valence-corrected chi connectivity index (χ1v) is 7.73. The van der Waals surface area contributed by atoms with Crippen molar-refractivity contribution in [2.75, 3.05) is 5.32 Å². The first-order chi connectivity index (χ1) is 10.1. The number of aliphatic hydroxyl groups is 1. The Morgan fingerprint density at radius 1 is 1.10 bits per heavy atom. The number of para-hydroxylation sites is 1.